The van der Waals surface area contributed by atoms with Gasteiger partial charge in [0.15, 0.2) is 25.1 Å². The van der Waals surface area contributed by atoms with Crippen LogP contribution in [0.15, 0.2) is 72.8 Å². The van der Waals surface area contributed by atoms with Gasteiger partial charge in [-0.3, -0.25) is 19.2 Å². The molecule has 152 valence electrons. The van der Waals surface area contributed by atoms with Gasteiger partial charge in [0, 0.05) is 43.1 Å². The molecule has 0 unspecified atom stereocenters. The molecular weight excluding hydrogens is 400 g/mol. The number of carbonyl (C=O) groups is 4. The molecule has 5 rings (SSSR count). The lowest BCUT2D eigenvalue weighted by Gasteiger charge is -2.08. The van der Waals surface area contributed by atoms with Gasteiger partial charge >= 0.3 is 0 Å². The minimum atomic E-state index is 0.440. The Morgan fingerprint density at radius 3 is 0.750 bits per heavy atom. The zero-order chi connectivity index (χ0) is 22.2. The average molecular weight is 416 g/mol. The van der Waals surface area contributed by atoms with Crippen molar-refractivity contribution in [2.24, 2.45) is 0 Å². The zero-order valence-corrected chi connectivity index (χ0v) is 16.9. The smallest absolute Gasteiger partial charge is 0.150 e. The lowest BCUT2D eigenvalue weighted by molar-refractivity contribution is 0.111. The van der Waals surface area contributed by atoms with Crippen LogP contribution in [0.4, 0.5) is 0 Å². The Bertz CT molecular complexity index is 1580. The molecular formula is C28H16O4. The van der Waals surface area contributed by atoms with Crippen LogP contribution >= 0.6 is 0 Å². The first-order chi connectivity index (χ1) is 15.7. The van der Waals surface area contributed by atoms with E-state index >= 15 is 0 Å². The van der Waals surface area contributed by atoms with Gasteiger partial charge in [-0.2, -0.15) is 0 Å². The standard InChI is InChI=1S/C28H16O4/c29-13-17-5-1-9-21-22-10-2-6-18(14-30)26(22)28-20(16-32)8-4-12-24(28)23-11-3-7-19(15-31)27(23)25(17)21/h1-16H/b22-21-,24-23-,27-25-,28-26-. The van der Waals surface area contributed by atoms with E-state index < -0.39 is 0 Å². The fraction of sp³-hybridized carbons (Fsp3) is 0. The lowest BCUT2D eigenvalue weighted by atomic mass is 9.95. The molecule has 0 aliphatic heterocycles. The normalized spacial score (nSPS) is 15.5. The first-order valence-corrected chi connectivity index (χ1v) is 10.1. The Labute approximate surface area is 181 Å². The Hall–Kier alpha value is -4.44. The molecule has 0 aromatic heterocycles. The minimum absolute atomic E-state index is 0.440. The molecule has 0 bridgehead atoms. The summed E-state index contributed by atoms with van der Waals surface area (Å²) in [6, 6.07) is 21.4. The second-order valence-corrected chi connectivity index (χ2v) is 7.55. The van der Waals surface area contributed by atoms with Gasteiger partial charge in [-0.05, 0) is 20.9 Å². The van der Waals surface area contributed by atoms with Gasteiger partial charge in [0.2, 0.25) is 0 Å². The van der Waals surface area contributed by atoms with E-state index in [0.717, 1.165) is 46.0 Å². The highest BCUT2D eigenvalue weighted by atomic mass is 16.1. The van der Waals surface area contributed by atoms with Crippen molar-refractivity contribution < 1.29 is 19.2 Å². The molecule has 0 N–H and O–H groups in total. The van der Waals surface area contributed by atoms with Crippen molar-refractivity contribution in [2.75, 3.05) is 0 Å². The fourth-order valence-electron chi connectivity index (χ4n) is 4.69. The van der Waals surface area contributed by atoms with Gasteiger partial charge in [0.1, 0.15) is 0 Å². The van der Waals surface area contributed by atoms with Crippen molar-refractivity contribution >= 4 is 25.1 Å². The van der Waals surface area contributed by atoms with E-state index in [1.165, 1.54) is 0 Å². The fourth-order valence-corrected chi connectivity index (χ4v) is 4.69. The highest BCUT2D eigenvalue weighted by molar-refractivity contribution is 5.80. The Kier molecular flexibility index (Phi) is 4.68. The van der Waals surface area contributed by atoms with Gasteiger partial charge in [-0.1, -0.05) is 72.8 Å². The van der Waals surface area contributed by atoms with Gasteiger partial charge in [-0.25, -0.2) is 0 Å². The predicted octanol–water partition coefficient (Wildman–Crippen LogP) is 4.40. The highest BCUT2D eigenvalue weighted by Crippen LogP contribution is 2.19. The molecule has 0 saturated carbocycles. The van der Waals surface area contributed by atoms with Crippen LogP contribution < -0.4 is 0 Å². The summed E-state index contributed by atoms with van der Waals surface area (Å²) >= 11 is 0. The Balaban J connectivity index is 2.54. The predicted molar refractivity (Wildman–Crippen MR) is 118 cm³/mol. The Morgan fingerprint density at radius 1 is 0.344 bits per heavy atom. The Morgan fingerprint density at radius 2 is 0.562 bits per heavy atom. The summed E-state index contributed by atoms with van der Waals surface area (Å²) in [6.07, 6.45) is 3.10. The summed E-state index contributed by atoms with van der Waals surface area (Å²) in [5.41, 5.74) is 1.76. The van der Waals surface area contributed by atoms with Crippen molar-refractivity contribution in [1.82, 2.24) is 0 Å². The minimum Gasteiger partial charge on any atom is -0.298 e. The number of benzene rings is 4. The van der Waals surface area contributed by atoms with Crippen molar-refractivity contribution in [3.8, 4) is 0 Å². The maximum Gasteiger partial charge on any atom is 0.150 e. The summed E-state index contributed by atoms with van der Waals surface area (Å²) in [4.78, 5) is 48.3. The first kappa shape index (κ1) is 19.5. The molecule has 0 spiro atoms. The van der Waals surface area contributed by atoms with E-state index in [4.69, 9.17) is 0 Å². The first-order valence-electron chi connectivity index (χ1n) is 10.1. The van der Waals surface area contributed by atoms with E-state index in [1.54, 1.807) is 48.5 Å². The van der Waals surface area contributed by atoms with Crippen LogP contribution in [-0.2, 0) is 0 Å². The maximum atomic E-state index is 12.1. The number of hydrogen-bond acceptors (Lipinski definition) is 4. The summed E-state index contributed by atoms with van der Waals surface area (Å²) in [6.45, 7) is 0. The van der Waals surface area contributed by atoms with Crippen LogP contribution in [0.25, 0.3) is 0 Å². The topological polar surface area (TPSA) is 68.3 Å². The molecule has 4 aromatic carbocycles. The maximum absolute atomic E-state index is 12.1. The average Bonchev–Trinajstić information content (AvgIpc) is 2.85. The zero-order valence-electron chi connectivity index (χ0n) is 16.9. The van der Waals surface area contributed by atoms with Crippen molar-refractivity contribution in [3.05, 3.63) is 137 Å². The van der Waals surface area contributed by atoms with E-state index in [0.29, 0.717) is 43.1 Å². The molecule has 0 fully saturated rings. The summed E-state index contributed by atoms with van der Waals surface area (Å²) < 4.78 is 0. The third-order valence-electron chi connectivity index (χ3n) is 5.97. The van der Waals surface area contributed by atoms with Crippen molar-refractivity contribution in [1.29, 1.82) is 0 Å². The lowest BCUT2D eigenvalue weighted by Crippen LogP contribution is -1.99. The monoisotopic (exact) mass is 416 g/mol. The molecule has 0 heterocycles. The second-order valence-electron chi connectivity index (χ2n) is 7.55. The molecule has 0 saturated heterocycles. The number of hydrogen-bond donors (Lipinski definition) is 0. The molecule has 4 nitrogen and oxygen atoms in total. The van der Waals surface area contributed by atoms with Crippen LogP contribution in [0, 0.1) is 41.7 Å². The van der Waals surface area contributed by atoms with Crippen molar-refractivity contribution in [2.45, 2.75) is 0 Å². The third kappa shape index (κ3) is 2.70. The van der Waals surface area contributed by atoms with Gasteiger partial charge in [0.25, 0.3) is 0 Å². The molecule has 1 aliphatic rings. The van der Waals surface area contributed by atoms with E-state index in [2.05, 4.69) is 0 Å². The summed E-state index contributed by atoms with van der Waals surface area (Å²) in [7, 11) is 0. The largest absolute Gasteiger partial charge is 0.298 e. The molecule has 1 aliphatic carbocycles. The van der Waals surface area contributed by atoms with Gasteiger partial charge < -0.3 is 0 Å². The van der Waals surface area contributed by atoms with E-state index in [1.807, 2.05) is 24.3 Å². The van der Waals surface area contributed by atoms with Crippen LogP contribution in [-0.4, -0.2) is 25.1 Å². The summed E-state index contributed by atoms with van der Waals surface area (Å²) in [5.74, 6) is 0. The summed E-state index contributed by atoms with van der Waals surface area (Å²) in [5, 5.41) is 5.40. The van der Waals surface area contributed by atoms with Crippen LogP contribution in [0.2, 0.25) is 0 Å². The molecule has 32 heavy (non-hydrogen) atoms. The molecule has 0 amide bonds. The van der Waals surface area contributed by atoms with Gasteiger partial charge in [0.05, 0.1) is 0 Å². The number of rotatable bonds is 4. The van der Waals surface area contributed by atoms with Gasteiger partial charge in [-0.15, -0.1) is 0 Å². The van der Waals surface area contributed by atoms with Crippen LogP contribution in [0.1, 0.15) is 41.4 Å². The van der Waals surface area contributed by atoms with Crippen LogP contribution in [0.3, 0.4) is 0 Å². The molecule has 0 radical (unpaired) electrons. The second kappa shape index (κ2) is 7.67. The third-order valence-corrected chi connectivity index (χ3v) is 5.97. The SMILES string of the molecule is O=Cc1cccc2/c1=c1/c(C=O)ccc/c1=c1\cccc(C=O)\c1=c1/c(C=O)ccc/c1=2. The number of aldehydes is 4. The molecule has 0 atom stereocenters. The quantitative estimate of drug-likeness (QED) is 0.407. The molecule has 4 aromatic rings. The number of fused-ring (bicyclic) bond motifs is 4. The van der Waals surface area contributed by atoms with E-state index in [-0.39, 0.29) is 0 Å². The van der Waals surface area contributed by atoms with E-state index in [9.17, 15) is 19.2 Å². The molecule has 4 heteroatoms. The van der Waals surface area contributed by atoms with Crippen molar-refractivity contribution in [3.63, 3.8) is 0 Å². The number of carbonyl (C=O) groups excluding carboxylic acids is 4. The highest BCUT2D eigenvalue weighted by Gasteiger charge is 2.10. The van der Waals surface area contributed by atoms with Crippen LogP contribution in [0.5, 0.6) is 0 Å².